The molecule has 1 aromatic rings. The Morgan fingerprint density at radius 1 is 1.33 bits per heavy atom. The minimum absolute atomic E-state index is 0.375. The van der Waals surface area contributed by atoms with Crippen LogP contribution in [0, 0.1) is 5.92 Å². The number of nitrogens with one attached hydrogen (secondary N) is 1. The maximum atomic E-state index is 12.1. The number of thiophene rings is 1. The molecule has 2 nitrogen and oxygen atoms in total. The van der Waals surface area contributed by atoms with Crippen molar-refractivity contribution in [1.82, 2.24) is 5.32 Å². The van der Waals surface area contributed by atoms with Gasteiger partial charge in [0.25, 0.3) is 0 Å². The predicted molar refractivity (Wildman–Crippen MR) is 75.3 cm³/mol. The van der Waals surface area contributed by atoms with E-state index in [9.17, 15) is 4.79 Å². The van der Waals surface area contributed by atoms with Crippen molar-refractivity contribution in [2.24, 2.45) is 5.92 Å². The van der Waals surface area contributed by atoms with Gasteiger partial charge in [-0.1, -0.05) is 11.6 Å². The monoisotopic (exact) mass is 283 g/mol. The number of hydrogen-bond acceptors (Lipinski definition) is 3. The summed E-state index contributed by atoms with van der Waals surface area (Å²) in [6.07, 6.45) is 6.30. The minimum atomic E-state index is 0.375. The van der Waals surface area contributed by atoms with Gasteiger partial charge in [-0.05, 0) is 43.7 Å². The fourth-order valence-corrected chi connectivity index (χ4v) is 4.49. The van der Waals surface area contributed by atoms with E-state index in [1.165, 1.54) is 37.0 Å². The Bertz CT molecular complexity index is 433. The van der Waals surface area contributed by atoms with E-state index in [0.29, 0.717) is 30.2 Å². The van der Waals surface area contributed by atoms with Crippen LogP contribution in [0.4, 0.5) is 0 Å². The molecule has 18 heavy (non-hydrogen) atoms. The van der Waals surface area contributed by atoms with Crippen LogP contribution >= 0.6 is 22.9 Å². The molecule has 98 valence electrons. The number of carbonyl (C=O) groups is 1. The summed E-state index contributed by atoms with van der Waals surface area (Å²) in [5.74, 6) is 0.978. The SMILES string of the molecule is O=C(Cc1ccc(Cl)s1)CC1CC2CCC(C1)N2. The van der Waals surface area contributed by atoms with Crippen molar-refractivity contribution in [3.8, 4) is 0 Å². The first kappa shape index (κ1) is 12.6. The third kappa shape index (κ3) is 2.95. The first-order chi connectivity index (χ1) is 8.69. The lowest BCUT2D eigenvalue weighted by atomic mass is 9.87. The summed E-state index contributed by atoms with van der Waals surface area (Å²) in [5, 5.41) is 3.62. The molecule has 0 saturated carbocycles. The van der Waals surface area contributed by atoms with Crippen LogP contribution in [0.3, 0.4) is 0 Å². The highest BCUT2D eigenvalue weighted by atomic mass is 35.5. The Balaban J connectivity index is 1.52. The summed E-state index contributed by atoms with van der Waals surface area (Å²) in [5.41, 5.74) is 0. The van der Waals surface area contributed by atoms with Crippen LogP contribution < -0.4 is 5.32 Å². The molecule has 2 bridgehead atoms. The zero-order valence-electron chi connectivity index (χ0n) is 10.3. The fraction of sp³-hybridized carbons (Fsp3) is 0.643. The molecular weight excluding hydrogens is 266 g/mol. The van der Waals surface area contributed by atoms with Crippen LogP contribution in [-0.2, 0) is 11.2 Å². The molecule has 0 radical (unpaired) electrons. The molecule has 3 rings (SSSR count). The smallest absolute Gasteiger partial charge is 0.138 e. The lowest BCUT2D eigenvalue weighted by Gasteiger charge is -2.28. The molecule has 2 fully saturated rings. The molecule has 2 saturated heterocycles. The van der Waals surface area contributed by atoms with Crippen LogP contribution in [-0.4, -0.2) is 17.9 Å². The molecule has 0 amide bonds. The molecule has 0 aromatic carbocycles. The Hall–Kier alpha value is -0.380. The zero-order valence-corrected chi connectivity index (χ0v) is 11.9. The molecule has 3 heterocycles. The summed E-state index contributed by atoms with van der Waals surface area (Å²) >= 11 is 7.40. The number of hydrogen-bond donors (Lipinski definition) is 1. The zero-order chi connectivity index (χ0) is 12.5. The van der Waals surface area contributed by atoms with Gasteiger partial charge >= 0.3 is 0 Å². The molecule has 1 aromatic heterocycles. The van der Waals surface area contributed by atoms with Crippen molar-refractivity contribution < 1.29 is 4.79 Å². The third-order valence-electron chi connectivity index (χ3n) is 4.09. The van der Waals surface area contributed by atoms with Gasteiger partial charge < -0.3 is 5.32 Å². The van der Waals surface area contributed by atoms with E-state index in [0.717, 1.165) is 15.6 Å². The second kappa shape index (κ2) is 5.32. The topological polar surface area (TPSA) is 29.1 Å². The van der Waals surface area contributed by atoms with Crippen LogP contribution in [0.5, 0.6) is 0 Å². The van der Waals surface area contributed by atoms with Crippen molar-refractivity contribution in [2.45, 2.75) is 50.6 Å². The van der Waals surface area contributed by atoms with Crippen molar-refractivity contribution in [1.29, 1.82) is 0 Å². The molecule has 1 N–H and O–H groups in total. The van der Waals surface area contributed by atoms with Crippen LogP contribution in [0.1, 0.15) is 37.0 Å². The van der Waals surface area contributed by atoms with Gasteiger partial charge in [-0.3, -0.25) is 4.79 Å². The average Bonchev–Trinajstić information content (AvgIpc) is 2.85. The van der Waals surface area contributed by atoms with Gasteiger partial charge in [0, 0.05) is 29.8 Å². The molecule has 0 aliphatic carbocycles. The van der Waals surface area contributed by atoms with Crippen molar-refractivity contribution >= 4 is 28.7 Å². The fourth-order valence-electron chi connectivity index (χ4n) is 3.38. The molecular formula is C14H18ClNOS. The van der Waals surface area contributed by atoms with E-state index in [4.69, 9.17) is 11.6 Å². The Morgan fingerprint density at radius 3 is 2.67 bits per heavy atom. The number of piperidine rings is 1. The largest absolute Gasteiger partial charge is 0.311 e. The Morgan fingerprint density at radius 2 is 2.06 bits per heavy atom. The molecule has 2 atom stereocenters. The number of ketones is 1. The summed E-state index contributed by atoms with van der Waals surface area (Å²) in [4.78, 5) is 13.2. The maximum Gasteiger partial charge on any atom is 0.138 e. The van der Waals surface area contributed by atoms with Gasteiger partial charge in [-0.15, -0.1) is 11.3 Å². The van der Waals surface area contributed by atoms with Crippen LogP contribution in [0.15, 0.2) is 12.1 Å². The molecule has 0 spiro atoms. The summed E-state index contributed by atoms with van der Waals surface area (Å²) in [7, 11) is 0. The number of halogens is 1. The van der Waals surface area contributed by atoms with Crippen molar-refractivity contribution in [3.05, 3.63) is 21.3 Å². The highest BCUT2D eigenvalue weighted by Gasteiger charge is 2.34. The molecule has 2 aliphatic rings. The lowest BCUT2D eigenvalue weighted by molar-refractivity contribution is -0.119. The van der Waals surface area contributed by atoms with Crippen molar-refractivity contribution in [2.75, 3.05) is 0 Å². The molecule has 4 heteroatoms. The highest BCUT2D eigenvalue weighted by molar-refractivity contribution is 7.16. The Kier molecular flexibility index (Phi) is 3.73. The van der Waals surface area contributed by atoms with Crippen LogP contribution in [0.25, 0.3) is 0 Å². The minimum Gasteiger partial charge on any atom is -0.311 e. The maximum absolute atomic E-state index is 12.1. The standard InChI is InChI=1S/C14H18ClNOS/c15-14-4-3-13(18-14)8-12(17)7-9-5-10-1-2-11(6-9)16-10/h3-4,9-11,16H,1-2,5-8H2. The predicted octanol–water partition coefficient (Wildman–Crippen LogP) is 3.43. The van der Waals surface area contributed by atoms with Gasteiger partial charge in [0.05, 0.1) is 4.34 Å². The summed E-state index contributed by atoms with van der Waals surface area (Å²) in [6, 6.07) is 5.20. The normalized spacial score (nSPS) is 30.6. The van der Waals surface area contributed by atoms with E-state index in [2.05, 4.69) is 5.32 Å². The van der Waals surface area contributed by atoms with Gasteiger partial charge in [-0.2, -0.15) is 0 Å². The van der Waals surface area contributed by atoms with Gasteiger partial charge in [-0.25, -0.2) is 0 Å². The first-order valence-electron chi connectivity index (χ1n) is 6.71. The van der Waals surface area contributed by atoms with Gasteiger partial charge in [0.15, 0.2) is 0 Å². The third-order valence-corrected chi connectivity index (χ3v) is 5.32. The van der Waals surface area contributed by atoms with Gasteiger partial charge in [0.1, 0.15) is 5.78 Å². The number of fused-ring (bicyclic) bond motifs is 2. The average molecular weight is 284 g/mol. The van der Waals surface area contributed by atoms with E-state index in [1.807, 2.05) is 12.1 Å². The summed E-state index contributed by atoms with van der Waals surface area (Å²) in [6.45, 7) is 0. The first-order valence-corrected chi connectivity index (χ1v) is 7.90. The van der Waals surface area contributed by atoms with Gasteiger partial charge in [0.2, 0.25) is 0 Å². The quantitative estimate of drug-likeness (QED) is 0.917. The number of carbonyl (C=O) groups excluding carboxylic acids is 1. The molecule has 2 aliphatic heterocycles. The highest BCUT2D eigenvalue weighted by Crippen LogP contribution is 2.33. The lowest BCUT2D eigenvalue weighted by Crippen LogP contribution is -2.38. The summed E-state index contributed by atoms with van der Waals surface area (Å²) < 4.78 is 0.776. The van der Waals surface area contributed by atoms with E-state index < -0.39 is 0 Å². The van der Waals surface area contributed by atoms with Crippen LogP contribution in [0.2, 0.25) is 4.34 Å². The second-order valence-electron chi connectivity index (χ2n) is 5.60. The number of Topliss-reactive ketones (excluding diaryl/α,β-unsaturated/α-hetero) is 1. The Labute approximate surface area is 117 Å². The van der Waals surface area contributed by atoms with E-state index in [-0.39, 0.29) is 0 Å². The van der Waals surface area contributed by atoms with Crippen molar-refractivity contribution in [3.63, 3.8) is 0 Å². The van der Waals surface area contributed by atoms with E-state index in [1.54, 1.807) is 0 Å². The second-order valence-corrected chi connectivity index (χ2v) is 7.40. The number of rotatable bonds is 4. The van der Waals surface area contributed by atoms with E-state index >= 15 is 0 Å². The molecule has 2 unspecified atom stereocenters.